The van der Waals surface area contributed by atoms with Crippen LogP contribution in [0.2, 0.25) is 0 Å². The van der Waals surface area contributed by atoms with E-state index in [4.69, 9.17) is 9.47 Å². The number of aromatic nitrogens is 1. The van der Waals surface area contributed by atoms with Crippen LogP contribution >= 0.6 is 0 Å². The molecule has 0 bridgehead atoms. The number of fused-ring (bicyclic) bond motifs is 1. The molecule has 1 N–H and O–H groups in total. The number of nitrogens with zero attached hydrogens (tertiary/aromatic N) is 1. The van der Waals surface area contributed by atoms with Crippen LogP contribution in [0.4, 0.5) is 0 Å². The van der Waals surface area contributed by atoms with Gasteiger partial charge in [0.05, 0.1) is 18.9 Å². The fourth-order valence-electron chi connectivity index (χ4n) is 2.51. The lowest BCUT2D eigenvalue weighted by atomic mass is 10.1. The van der Waals surface area contributed by atoms with Gasteiger partial charge in [0.2, 0.25) is 5.88 Å². The SMILES string of the molecule is CNCc1cc2ccccc2c(OCC2CCOC2)n1. The summed E-state index contributed by atoms with van der Waals surface area (Å²) >= 11 is 0. The average Bonchev–Trinajstić information content (AvgIpc) is 2.98. The molecule has 1 atom stereocenters. The van der Waals surface area contributed by atoms with Crippen LogP contribution in [-0.4, -0.2) is 31.9 Å². The van der Waals surface area contributed by atoms with Gasteiger partial charge < -0.3 is 14.8 Å². The molecule has 4 nitrogen and oxygen atoms in total. The van der Waals surface area contributed by atoms with Gasteiger partial charge in [-0.15, -0.1) is 0 Å². The molecule has 1 unspecified atom stereocenters. The average molecular weight is 272 g/mol. The predicted octanol–water partition coefficient (Wildman–Crippen LogP) is 2.37. The minimum Gasteiger partial charge on any atom is -0.477 e. The summed E-state index contributed by atoms with van der Waals surface area (Å²) in [6.45, 7) is 3.07. The van der Waals surface area contributed by atoms with Crippen molar-refractivity contribution in [1.82, 2.24) is 10.3 Å². The Labute approximate surface area is 119 Å². The Bertz CT molecular complexity index is 580. The highest BCUT2D eigenvalue weighted by atomic mass is 16.5. The first kappa shape index (κ1) is 13.3. The van der Waals surface area contributed by atoms with Crippen molar-refractivity contribution in [3.63, 3.8) is 0 Å². The molecule has 1 saturated heterocycles. The first-order chi connectivity index (χ1) is 9.86. The molecular formula is C16H20N2O2. The Morgan fingerprint density at radius 3 is 3.10 bits per heavy atom. The topological polar surface area (TPSA) is 43.4 Å². The van der Waals surface area contributed by atoms with Crippen molar-refractivity contribution >= 4 is 10.8 Å². The number of benzene rings is 1. The van der Waals surface area contributed by atoms with Crippen molar-refractivity contribution in [3.05, 3.63) is 36.0 Å². The van der Waals surface area contributed by atoms with E-state index in [0.29, 0.717) is 12.5 Å². The quantitative estimate of drug-likeness (QED) is 0.907. The van der Waals surface area contributed by atoms with Crippen LogP contribution in [0.15, 0.2) is 30.3 Å². The standard InChI is InChI=1S/C16H20N2O2/c1-17-9-14-8-13-4-2-3-5-15(13)16(18-14)20-11-12-6-7-19-10-12/h2-5,8,12,17H,6-7,9-11H2,1H3. The molecular weight excluding hydrogens is 252 g/mol. The molecule has 2 aromatic rings. The van der Waals surface area contributed by atoms with Crippen molar-refractivity contribution in [1.29, 1.82) is 0 Å². The van der Waals surface area contributed by atoms with E-state index in [-0.39, 0.29) is 0 Å². The molecule has 20 heavy (non-hydrogen) atoms. The summed E-state index contributed by atoms with van der Waals surface area (Å²) in [5.74, 6) is 1.23. The van der Waals surface area contributed by atoms with Crippen LogP contribution in [0, 0.1) is 5.92 Å². The molecule has 0 radical (unpaired) electrons. The number of pyridine rings is 1. The van der Waals surface area contributed by atoms with Crippen LogP contribution in [0.1, 0.15) is 12.1 Å². The van der Waals surface area contributed by atoms with Gasteiger partial charge in [-0.2, -0.15) is 0 Å². The van der Waals surface area contributed by atoms with Gasteiger partial charge in [-0.05, 0) is 31.0 Å². The van der Waals surface area contributed by atoms with E-state index in [1.807, 2.05) is 19.2 Å². The summed E-state index contributed by atoms with van der Waals surface area (Å²) < 4.78 is 11.4. The summed E-state index contributed by atoms with van der Waals surface area (Å²) in [5, 5.41) is 5.38. The van der Waals surface area contributed by atoms with Crippen LogP contribution in [-0.2, 0) is 11.3 Å². The van der Waals surface area contributed by atoms with E-state index in [0.717, 1.165) is 43.1 Å². The fraction of sp³-hybridized carbons (Fsp3) is 0.438. The number of ether oxygens (including phenoxy) is 2. The maximum Gasteiger partial charge on any atom is 0.221 e. The van der Waals surface area contributed by atoms with Crippen molar-refractivity contribution < 1.29 is 9.47 Å². The molecule has 0 spiro atoms. The smallest absolute Gasteiger partial charge is 0.221 e. The highest BCUT2D eigenvalue weighted by molar-refractivity contribution is 5.87. The highest BCUT2D eigenvalue weighted by Crippen LogP contribution is 2.25. The Hall–Kier alpha value is -1.65. The van der Waals surface area contributed by atoms with Crippen LogP contribution in [0.5, 0.6) is 5.88 Å². The van der Waals surface area contributed by atoms with Gasteiger partial charge in [0.15, 0.2) is 0 Å². The third kappa shape index (κ3) is 2.92. The summed E-state index contributed by atoms with van der Waals surface area (Å²) in [4.78, 5) is 4.63. The Kier molecular flexibility index (Phi) is 4.14. The van der Waals surface area contributed by atoms with Gasteiger partial charge in [-0.1, -0.05) is 18.2 Å². The summed E-state index contributed by atoms with van der Waals surface area (Å²) in [7, 11) is 1.92. The molecule has 0 amide bonds. The monoisotopic (exact) mass is 272 g/mol. The molecule has 0 saturated carbocycles. The van der Waals surface area contributed by atoms with Gasteiger partial charge in [-0.3, -0.25) is 0 Å². The molecule has 0 aliphatic carbocycles. The first-order valence-electron chi connectivity index (χ1n) is 7.10. The van der Waals surface area contributed by atoms with Crippen LogP contribution in [0.3, 0.4) is 0 Å². The second kappa shape index (κ2) is 6.20. The summed E-state index contributed by atoms with van der Waals surface area (Å²) in [6.07, 6.45) is 1.08. The highest BCUT2D eigenvalue weighted by Gasteiger charge is 2.17. The molecule has 1 aliphatic rings. The van der Waals surface area contributed by atoms with E-state index in [1.165, 1.54) is 5.39 Å². The molecule has 1 aromatic heterocycles. The molecule has 2 heterocycles. The molecule has 1 aromatic carbocycles. The van der Waals surface area contributed by atoms with Gasteiger partial charge in [0.25, 0.3) is 0 Å². The van der Waals surface area contributed by atoms with E-state index in [2.05, 4.69) is 28.5 Å². The number of hydrogen-bond acceptors (Lipinski definition) is 4. The lowest BCUT2D eigenvalue weighted by Gasteiger charge is -2.13. The van der Waals surface area contributed by atoms with Crippen molar-refractivity contribution in [3.8, 4) is 5.88 Å². The zero-order valence-electron chi connectivity index (χ0n) is 11.8. The third-order valence-electron chi connectivity index (χ3n) is 3.60. The van der Waals surface area contributed by atoms with Gasteiger partial charge in [0, 0.05) is 24.5 Å². The van der Waals surface area contributed by atoms with Crippen LogP contribution in [0.25, 0.3) is 10.8 Å². The predicted molar refractivity (Wildman–Crippen MR) is 78.9 cm³/mol. The lowest BCUT2D eigenvalue weighted by molar-refractivity contribution is 0.166. The first-order valence-corrected chi connectivity index (χ1v) is 7.10. The van der Waals surface area contributed by atoms with Gasteiger partial charge in [-0.25, -0.2) is 4.98 Å². The Morgan fingerprint density at radius 1 is 1.40 bits per heavy atom. The third-order valence-corrected chi connectivity index (χ3v) is 3.60. The number of rotatable bonds is 5. The van der Waals surface area contributed by atoms with E-state index in [1.54, 1.807) is 0 Å². The van der Waals surface area contributed by atoms with E-state index >= 15 is 0 Å². The second-order valence-electron chi connectivity index (χ2n) is 5.21. The molecule has 4 heteroatoms. The zero-order valence-corrected chi connectivity index (χ0v) is 11.8. The summed E-state index contributed by atoms with van der Waals surface area (Å²) in [6, 6.07) is 10.3. The summed E-state index contributed by atoms with van der Waals surface area (Å²) in [5.41, 5.74) is 1.00. The minimum atomic E-state index is 0.489. The van der Waals surface area contributed by atoms with Crippen molar-refractivity contribution in [2.75, 3.05) is 26.9 Å². The Morgan fingerprint density at radius 2 is 2.30 bits per heavy atom. The van der Waals surface area contributed by atoms with E-state index < -0.39 is 0 Å². The van der Waals surface area contributed by atoms with E-state index in [9.17, 15) is 0 Å². The van der Waals surface area contributed by atoms with Crippen LogP contribution < -0.4 is 10.1 Å². The second-order valence-corrected chi connectivity index (χ2v) is 5.21. The lowest BCUT2D eigenvalue weighted by Crippen LogP contribution is -2.13. The number of nitrogens with one attached hydrogen (secondary N) is 1. The molecule has 1 fully saturated rings. The number of hydrogen-bond donors (Lipinski definition) is 1. The zero-order chi connectivity index (χ0) is 13.8. The normalized spacial score (nSPS) is 18.6. The van der Waals surface area contributed by atoms with Gasteiger partial charge in [0.1, 0.15) is 0 Å². The van der Waals surface area contributed by atoms with Gasteiger partial charge >= 0.3 is 0 Å². The maximum absolute atomic E-state index is 5.97. The minimum absolute atomic E-state index is 0.489. The fourth-order valence-corrected chi connectivity index (χ4v) is 2.51. The van der Waals surface area contributed by atoms with Crippen molar-refractivity contribution in [2.24, 2.45) is 5.92 Å². The maximum atomic E-state index is 5.97. The van der Waals surface area contributed by atoms with Crippen molar-refractivity contribution in [2.45, 2.75) is 13.0 Å². The molecule has 106 valence electrons. The molecule has 3 rings (SSSR count). The Balaban J connectivity index is 1.86. The largest absolute Gasteiger partial charge is 0.477 e. The molecule has 1 aliphatic heterocycles.